The first-order chi connectivity index (χ1) is 11.7. The van der Waals surface area contributed by atoms with E-state index in [0.717, 1.165) is 35.2 Å². The summed E-state index contributed by atoms with van der Waals surface area (Å²) in [5, 5.41) is 0.972. The van der Waals surface area contributed by atoms with Gasteiger partial charge in [-0.1, -0.05) is 6.07 Å². The maximum atomic E-state index is 12.5. The summed E-state index contributed by atoms with van der Waals surface area (Å²) in [7, 11) is 1.64. The summed E-state index contributed by atoms with van der Waals surface area (Å²) in [5.41, 5.74) is 1.93. The molecular formula is C18H21N3O3. The molecular weight excluding hydrogens is 306 g/mol. The lowest BCUT2D eigenvalue weighted by molar-refractivity contribution is -0.143. The van der Waals surface area contributed by atoms with Gasteiger partial charge in [0, 0.05) is 43.2 Å². The molecule has 0 unspecified atom stereocenters. The molecule has 2 amide bonds. The number of fused-ring (bicyclic) bond motifs is 1. The van der Waals surface area contributed by atoms with Gasteiger partial charge in [0.25, 0.3) is 0 Å². The van der Waals surface area contributed by atoms with Gasteiger partial charge in [-0.15, -0.1) is 0 Å². The summed E-state index contributed by atoms with van der Waals surface area (Å²) in [4.78, 5) is 31.3. The van der Waals surface area contributed by atoms with Gasteiger partial charge in [-0.2, -0.15) is 0 Å². The van der Waals surface area contributed by atoms with Crippen molar-refractivity contribution < 1.29 is 14.3 Å². The third kappa shape index (κ3) is 2.42. The van der Waals surface area contributed by atoms with Crippen molar-refractivity contribution in [2.45, 2.75) is 25.3 Å². The number of aromatic amines is 1. The van der Waals surface area contributed by atoms with E-state index in [9.17, 15) is 9.59 Å². The maximum absolute atomic E-state index is 12.5. The molecule has 4 rings (SSSR count). The van der Waals surface area contributed by atoms with Crippen LogP contribution < -0.4 is 4.74 Å². The number of methoxy groups -OCH3 is 1. The van der Waals surface area contributed by atoms with E-state index in [1.54, 1.807) is 7.11 Å². The molecule has 0 saturated carbocycles. The van der Waals surface area contributed by atoms with Crippen LogP contribution in [0.15, 0.2) is 24.4 Å². The highest BCUT2D eigenvalue weighted by atomic mass is 16.5. The first-order valence-corrected chi connectivity index (χ1v) is 8.37. The molecule has 2 fully saturated rings. The minimum atomic E-state index is 0.102. The Morgan fingerprint density at radius 1 is 1.38 bits per heavy atom. The number of likely N-dealkylation sites (tertiary alicyclic amines) is 2. The number of ether oxygens (including phenoxy) is 1. The van der Waals surface area contributed by atoms with E-state index in [4.69, 9.17) is 4.74 Å². The van der Waals surface area contributed by atoms with Gasteiger partial charge >= 0.3 is 0 Å². The van der Waals surface area contributed by atoms with Crippen LogP contribution in [0.5, 0.6) is 5.75 Å². The SMILES string of the molecule is COc1cccc2[nH]cc(CC(=O)N3CC(N4CCCC4=O)C3)c12. The molecule has 1 aromatic carbocycles. The third-order valence-electron chi connectivity index (χ3n) is 5.08. The monoisotopic (exact) mass is 327 g/mol. The molecule has 0 bridgehead atoms. The van der Waals surface area contributed by atoms with Gasteiger partial charge in [0.05, 0.1) is 19.6 Å². The second-order valence-electron chi connectivity index (χ2n) is 6.52. The number of H-pyrrole nitrogens is 1. The fourth-order valence-corrected chi connectivity index (χ4v) is 3.72. The van der Waals surface area contributed by atoms with Crippen LogP contribution in [0.1, 0.15) is 18.4 Å². The zero-order valence-electron chi connectivity index (χ0n) is 13.7. The first-order valence-electron chi connectivity index (χ1n) is 8.37. The van der Waals surface area contributed by atoms with Crippen LogP contribution in [-0.4, -0.2) is 59.4 Å². The molecule has 2 aliphatic rings. The number of hydrogen-bond donors (Lipinski definition) is 1. The number of hydrogen-bond acceptors (Lipinski definition) is 3. The Morgan fingerprint density at radius 3 is 2.92 bits per heavy atom. The molecule has 2 aliphatic heterocycles. The van der Waals surface area contributed by atoms with Crippen molar-refractivity contribution in [2.75, 3.05) is 26.7 Å². The number of rotatable bonds is 4. The van der Waals surface area contributed by atoms with E-state index in [1.807, 2.05) is 34.2 Å². The van der Waals surface area contributed by atoms with Gasteiger partial charge in [-0.05, 0) is 24.1 Å². The van der Waals surface area contributed by atoms with Gasteiger partial charge in [-0.3, -0.25) is 9.59 Å². The molecule has 0 radical (unpaired) electrons. The van der Waals surface area contributed by atoms with Gasteiger partial charge in [0.1, 0.15) is 5.75 Å². The first kappa shape index (κ1) is 15.1. The molecule has 0 spiro atoms. The number of aromatic nitrogens is 1. The van der Waals surface area contributed by atoms with Crippen molar-refractivity contribution in [1.82, 2.24) is 14.8 Å². The lowest BCUT2D eigenvalue weighted by atomic mass is 10.0. The van der Waals surface area contributed by atoms with Gasteiger partial charge < -0.3 is 19.5 Å². The van der Waals surface area contributed by atoms with E-state index >= 15 is 0 Å². The summed E-state index contributed by atoms with van der Waals surface area (Å²) in [6.45, 7) is 2.15. The van der Waals surface area contributed by atoms with Gasteiger partial charge in [0.2, 0.25) is 11.8 Å². The highest BCUT2D eigenvalue weighted by molar-refractivity contribution is 5.93. The highest BCUT2D eigenvalue weighted by Gasteiger charge is 2.38. The molecule has 1 aromatic heterocycles. The Hall–Kier alpha value is -2.50. The fourth-order valence-electron chi connectivity index (χ4n) is 3.72. The van der Waals surface area contributed by atoms with Gasteiger partial charge in [0.15, 0.2) is 0 Å². The Bertz CT molecular complexity index is 792. The number of carbonyl (C=O) groups excluding carboxylic acids is 2. The van der Waals surface area contributed by atoms with Crippen molar-refractivity contribution >= 4 is 22.7 Å². The number of nitrogens with zero attached hydrogens (tertiary/aromatic N) is 2. The number of carbonyl (C=O) groups is 2. The second kappa shape index (κ2) is 5.85. The fraction of sp³-hybridized carbons (Fsp3) is 0.444. The Labute approximate surface area is 140 Å². The lowest BCUT2D eigenvalue weighted by Gasteiger charge is -2.44. The molecule has 1 N–H and O–H groups in total. The van der Waals surface area contributed by atoms with Crippen LogP contribution in [0, 0.1) is 0 Å². The summed E-state index contributed by atoms with van der Waals surface area (Å²) in [6.07, 6.45) is 3.82. The molecule has 126 valence electrons. The number of benzene rings is 1. The minimum Gasteiger partial charge on any atom is -0.496 e. The second-order valence-corrected chi connectivity index (χ2v) is 6.52. The van der Waals surface area contributed by atoms with Crippen LogP contribution in [0.3, 0.4) is 0 Å². The Morgan fingerprint density at radius 2 is 2.21 bits per heavy atom. The van der Waals surface area contributed by atoms with Crippen LogP contribution >= 0.6 is 0 Å². The molecule has 24 heavy (non-hydrogen) atoms. The Balaban J connectivity index is 1.43. The standard InChI is InChI=1S/C18H21N3O3/c1-24-15-5-2-4-14-18(15)12(9-19-14)8-17(23)20-10-13(11-20)21-7-3-6-16(21)22/h2,4-5,9,13,19H,3,6-8,10-11H2,1H3. The van der Waals surface area contributed by atoms with Crippen molar-refractivity contribution in [3.8, 4) is 5.75 Å². The average molecular weight is 327 g/mol. The summed E-state index contributed by atoms with van der Waals surface area (Å²) >= 11 is 0. The van der Waals surface area contributed by atoms with Crippen molar-refractivity contribution in [3.63, 3.8) is 0 Å². The zero-order chi connectivity index (χ0) is 16.7. The van der Waals surface area contributed by atoms with E-state index in [1.165, 1.54) is 0 Å². The van der Waals surface area contributed by atoms with E-state index in [-0.39, 0.29) is 17.9 Å². The highest BCUT2D eigenvalue weighted by Crippen LogP contribution is 2.29. The van der Waals surface area contributed by atoms with Crippen molar-refractivity contribution in [2.24, 2.45) is 0 Å². The van der Waals surface area contributed by atoms with Crippen LogP contribution in [0.2, 0.25) is 0 Å². The lowest BCUT2D eigenvalue weighted by Crippen LogP contribution is -2.61. The molecule has 2 saturated heterocycles. The van der Waals surface area contributed by atoms with E-state index in [0.29, 0.717) is 25.9 Å². The molecule has 0 atom stereocenters. The molecule has 0 aliphatic carbocycles. The topological polar surface area (TPSA) is 65.6 Å². The summed E-state index contributed by atoms with van der Waals surface area (Å²) in [6, 6.07) is 6.02. The smallest absolute Gasteiger partial charge is 0.227 e. The normalized spacial score (nSPS) is 18.3. The molecule has 6 nitrogen and oxygen atoms in total. The molecule has 6 heteroatoms. The quantitative estimate of drug-likeness (QED) is 0.927. The molecule has 3 heterocycles. The minimum absolute atomic E-state index is 0.102. The van der Waals surface area contributed by atoms with Crippen LogP contribution in [-0.2, 0) is 16.0 Å². The van der Waals surface area contributed by atoms with Gasteiger partial charge in [-0.25, -0.2) is 0 Å². The number of amides is 2. The molecule has 2 aromatic rings. The summed E-state index contributed by atoms with van der Waals surface area (Å²) in [5.74, 6) is 1.11. The zero-order valence-corrected chi connectivity index (χ0v) is 13.7. The van der Waals surface area contributed by atoms with Crippen molar-refractivity contribution in [3.05, 3.63) is 30.0 Å². The Kier molecular flexibility index (Phi) is 3.67. The average Bonchev–Trinajstić information content (AvgIpc) is 3.13. The third-order valence-corrected chi connectivity index (χ3v) is 5.08. The van der Waals surface area contributed by atoms with Crippen LogP contribution in [0.4, 0.5) is 0 Å². The van der Waals surface area contributed by atoms with E-state index < -0.39 is 0 Å². The van der Waals surface area contributed by atoms with Crippen LogP contribution in [0.25, 0.3) is 10.9 Å². The predicted octanol–water partition coefficient (Wildman–Crippen LogP) is 1.55. The summed E-state index contributed by atoms with van der Waals surface area (Å²) < 4.78 is 5.42. The predicted molar refractivity (Wildman–Crippen MR) is 89.9 cm³/mol. The van der Waals surface area contributed by atoms with E-state index in [2.05, 4.69) is 4.98 Å². The maximum Gasteiger partial charge on any atom is 0.227 e. The largest absolute Gasteiger partial charge is 0.496 e. The van der Waals surface area contributed by atoms with Crippen molar-refractivity contribution in [1.29, 1.82) is 0 Å². The number of nitrogens with one attached hydrogen (secondary N) is 1.